The SMILES string of the molecule is CN1CC23C4=CC5CC6CC7CC8CC9=C%10C%11C(CC%12=CC(=C4)C2(C2C%12C%11C4C%11C%10C8C8C7C6C6C(C%118)C(C42)C3C56)C1c1ccc(OCc2ccccc2)c(OCc2ccccc2)c1)C9. The molecule has 0 N–H and O–H groups in total. The monoisotopic (exact) mass is 851 g/mol. The van der Waals surface area contributed by atoms with Gasteiger partial charge >= 0.3 is 0 Å². The second kappa shape index (κ2) is 10.7. The molecule has 3 nitrogen and oxygen atoms in total. The molecular weight excluding hydrogens is 791 g/mol. The second-order valence-corrected chi connectivity index (χ2v) is 26.6. The van der Waals surface area contributed by atoms with E-state index >= 15 is 0 Å². The molecular formula is C62H61NO2. The molecule has 1 saturated heterocycles. The van der Waals surface area contributed by atoms with Gasteiger partial charge in [0, 0.05) is 23.4 Å². The fourth-order valence-corrected chi connectivity index (χ4v) is 26.6. The fourth-order valence-electron chi connectivity index (χ4n) is 26.6. The average Bonchev–Trinajstić information content (AvgIpc) is 4.18. The summed E-state index contributed by atoms with van der Waals surface area (Å²) >= 11 is 0. The molecule has 3 heteroatoms. The van der Waals surface area contributed by atoms with E-state index in [1.54, 1.807) is 12.8 Å². The van der Waals surface area contributed by atoms with E-state index in [1.807, 2.05) is 16.7 Å². The maximum Gasteiger partial charge on any atom is 0.162 e. The van der Waals surface area contributed by atoms with Crippen molar-refractivity contribution in [3.63, 3.8) is 0 Å². The van der Waals surface area contributed by atoms with E-state index in [9.17, 15) is 0 Å². The highest BCUT2D eigenvalue weighted by Gasteiger charge is 2.92. The Morgan fingerprint density at radius 3 is 2.08 bits per heavy atom. The van der Waals surface area contributed by atoms with Crippen molar-refractivity contribution in [3.05, 3.63) is 142 Å². The van der Waals surface area contributed by atoms with Gasteiger partial charge in [0.25, 0.3) is 0 Å². The van der Waals surface area contributed by atoms with Crippen LogP contribution >= 0.6 is 0 Å². The lowest BCUT2D eigenvalue weighted by molar-refractivity contribution is -0.165. The van der Waals surface area contributed by atoms with Crippen LogP contribution in [-0.2, 0) is 13.2 Å². The standard InChI is InChI=1S/C62H61NO2/c1-63-26-61-37-20-35-18-32-14-30-16-34-17-31-15-33-19-36-21-38(23-37)62(61,60(63)29-12-13-39(64-24-27-8-4-2-5-9-27)40(22-29)65-25-28-10-6-3-7-11-28)59-47(36)51-44(33)42(31)49-45(34)48-41(30)43(32)50-46(35)58(61)56-54(50)52(48)53(49)55(51)57(56)59/h2-13,20-23,30,32-35,41,43-60H,14-19,24-26H2,1H3. The Kier molecular flexibility index (Phi) is 5.69. The molecule has 0 aromatic heterocycles. The van der Waals surface area contributed by atoms with Crippen molar-refractivity contribution >= 4 is 0 Å². The van der Waals surface area contributed by atoms with Crippen LogP contribution in [-0.4, -0.2) is 18.5 Å². The van der Waals surface area contributed by atoms with Gasteiger partial charge in [-0.3, -0.25) is 4.90 Å². The number of hydrogen-bond acceptors (Lipinski definition) is 3. The van der Waals surface area contributed by atoms with Gasteiger partial charge in [-0.2, -0.15) is 0 Å². The first-order valence-corrected chi connectivity index (χ1v) is 27.2. The summed E-state index contributed by atoms with van der Waals surface area (Å²) in [6, 6.07) is 29.2. The van der Waals surface area contributed by atoms with Gasteiger partial charge in [-0.25, -0.2) is 0 Å². The molecule has 17 aliphatic rings. The van der Waals surface area contributed by atoms with Crippen molar-refractivity contribution in [2.24, 2.45) is 147 Å². The number of nitrogens with zero attached hydrogens (tertiary/aromatic N) is 1. The normalized spacial score (nSPS) is 56.4. The van der Waals surface area contributed by atoms with Crippen LogP contribution in [0.15, 0.2) is 125 Å². The van der Waals surface area contributed by atoms with Crippen LogP contribution in [0.3, 0.4) is 0 Å². The predicted molar refractivity (Wildman–Crippen MR) is 247 cm³/mol. The average molecular weight is 852 g/mol. The second-order valence-electron chi connectivity index (χ2n) is 26.6. The highest BCUT2D eigenvalue weighted by molar-refractivity contribution is 5.64. The largest absolute Gasteiger partial charge is 0.485 e. The van der Waals surface area contributed by atoms with Crippen LogP contribution in [0.1, 0.15) is 61.3 Å². The summed E-state index contributed by atoms with van der Waals surface area (Å²) in [6.07, 6.45) is 18.3. The Morgan fingerprint density at radius 1 is 0.554 bits per heavy atom. The molecule has 16 aliphatic carbocycles. The van der Waals surface area contributed by atoms with Crippen LogP contribution < -0.4 is 9.47 Å². The summed E-state index contributed by atoms with van der Waals surface area (Å²) in [5.41, 5.74) is 14.2. The number of ether oxygens (including phenoxy) is 2. The van der Waals surface area contributed by atoms with Gasteiger partial charge in [0.05, 0.1) is 0 Å². The molecule has 20 rings (SSSR count). The van der Waals surface area contributed by atoms with Gasteiger partial charge in [-0.1, -0.05) is 102 Å². The first kappa shape index (κ1) is 34.5. The lowest BCUT2D eigenvalue weighted by Gasteiger charge is -2.67. The molecule has 11 saturated carbocycles. The van der Waals surface area contributed by atoms with E-state index in [1.165, 1.54) is 48.9 Å². The van der Waals surface area contributed by atoms with Crippen molar-refractivity contribution in [2.75, 3.05) is 13.6 Å². The molecule has 12 fully saturated rings. The van der Waals surface area contributed by atoms with E-state index in [-0.39, 0.29) is 10.8 Å². The van der Waals surface area contributed by atoms with E-state index < -0.39 is 0 Å². The maximum absolute atomic E-state index is 7.00. The smallest absolute Gasteiger partial charge is 0.162 e. The zero-order valence-electron chi connectivity index (χ0n) is 37.7. The minimum atomic E-state index is 0.124. The van der Waals surface area contributed by atoms with E-state index in [4.69, 9.17) is 9.47 Å². The van der Waals surface area contributed by atoms with Crippen LogP contribution in [0.2, 0.25) is 0 Å². The third-order valence-electron chi connectivity index (χ3n) is 26.0. The van der Waals surface area contributed by atoms with Crippen LogP contribution in [0, 0.1) is 147 Å². The van der Waals surface area contributed by atoms with Gasteiger partial charge in [0.2, 0.25) is 0 Å². The lowest BCUT2D eigenvalue weighted by Crippen LogP contribution is -2.65. The van der Waals surface area contributed by atoms with E-state index in [0.717, 1.165) is 148 Å². The number of likely N-dealkylation sites (tertiary alicyclic amines) is 1. The Labute approximate surface area is 384 Å². The molecule has 1 heterocycles. The summed E-state index contributed by atoms with van der Waals surface area (Å²) in [4.78, 5) is 2.99. The molecule has 65 heavy (non-hydrogen) atoms. The number of hydrogen-bond donors (Lipinski definition) is 0. The van der Waals surface area contributed by atoms with Gasteiger partial charge in [-0.15, -0.1) is 0 Å². The van der Waals surface area contributed by atoms with E-state index in [2.05, 4.69) is 120 Å². The van der Waals surface area contributed by atoms with Crippen LogP contribution in [0.5, 0.6) is 11.5 Å². The molecule has 326 valence electrons. The summed E-state index contributed by atoms with van der Waals surface area (Å²) < 4.78 is 13.8. The van der Waals surface area contributed by atoms with Crippen LogP contribution in [0.4, 0.5) is 0 Å². The first-order valence-electron chi connectivity index (χ1n) is 27.2. The lowest BCUT2D eigenvalue weighted by atomic mass is 9.35. The van der Waals surface area contributed by atoms with Crippen LogP contribution in [0.25, 0.3) is 0 Å². The molecule has 0 bridgehead atoms. The Bertz CT molecular complexity index is 2890. The summed E-state index contributed by atoms with van der Waals surface area (Å²) in [5, 5.41) is 0. The number of allylic oxidation sites excluding steroid dienone is 6. The van der Waals surface area contributed by atoms with Crippen molar-refractivity contribution in [2.45, 2.75) is 57.8 Å². The molecule has 2 spiro atoms. The quantitative estimate of drug-likeness (QED) is 0.221. The van der Waals surface area contributed by atoms with Gasteiger partial charge in [0.1, 0.15) is 13.2 Å². The summed E-state index contributed by atoms with van der Waals surface area (Å²) in [6.45, 7) is 2.35. The molecule has 0 radical (unpaired) electrons. The Balaban J connectivity index is 0.836. The van der Waals surface area contributed by atoms with Crippen molar-refractivity contribution in [1.82, 2.24) is 4.90 Å². The molecule has 3 aromatic carbocycles. The molecule has 0 amide bonds. The maximum atomic E-state index is 7.00. The highest BCUT2D eigenvalue weighted by Crippen LogP contribution is 2.95. The van der Waals surface area contributed by atoms with E-state index in [0.29, 0.717) is 19.3 Å². The summed E-state index contributed by atoms with van der Waals surface area (Å²) in [7, 11) is 2.60. The van der Waals surface area contributed by atoms with Gasteiger partial charge in [-0.05, 0) is 222 Å². The minimum Gasteiger partial charge on any atom is -0.485 e. The molecule has 26 unspecified atom stereocenters. The third-order valence-corrected chi connectivity index (χ3v) is 26.0. The van der Waals surface area contributed by atoms with Gasteiger partial charge < -0.3 is 9.47 Å². The summed E-state index contributed by atoms with van der Waals surface area (Å²) in [5.74, 6) is 24.2. The zero-order valence-corrected chi connectivity index (χ0v) is 37.7. The first-order chi connectivity index (χ1) is 32.1. The minimum absolute atomic E-state index is 0.124. The number of benzene rings is 3. The molecule has 3 aromatic rings. The van der Waals surface area contributed by atoms with Gasteiger partial charge in [0.15, 0.2) is 11.5 Å². The topological polar surface area (TPSA) is 21.7 Å². The van der Waals surface area contributed by atoms with Crippen molar-refractivity contribution in [1.29, 1.82) is 0 Å². The molecule has 1 aliphatic heterocycles. The zero-order chi connectivity index (χ0) is 41.3. The number of rotatable bonds is 7. The highest BCUT2D eigenvalue weighted by atomic mass is 16.5. The van der Waals surface area contributed by atoms with Crippen molar-refractivity contribution in [3.8, 4) is 11.5 Å². The fraction of sp³-hybridized carbons (Fsp3) is 0.581. The third kappa shape index (κ3) is 3.33. The molecule has 26 atom stereocenters. The Morgan fingerprint density at radius 2 is 1.25 bits per heavy atom. The predicted octanol–water partition coefficient (Wildman–Crippen LogP) is 11.6. The Hall–Kier alpha value is -3.82. The van der Waals surface area contributed by atoms with Crippen molar-refractivity contribution < 1.29 is 9.47 Å².